The molecule has 0 spiro atoms. The van der Waals surface area contributed by atoms with Gasteiger partial charge in [-0.3, -0.25) is 9.69 Å². The standard InChI is InChI=1S/C17H31NO2/c1-5-20-15(19)12-17(18-9-7-6-8-10-18)13-16(3,4)11-14(17)2/h14H,5-13H2,1-4H3. The molecule has 2 atom stereocenters. The van der Waals surface area contributed by atoms with Crippen LogP contribution >= 0.6 is 0 Å². The molecule has 1 saturated carbocycles. The highest BCUT2D eigenvalue weighted by molar-refractivity contribution is 5.71. The van der Waals surface area contributed by atoms with Crippen molar-refractivity contribution in [2.24, 2.45) is 11.3 Å². The van der Waals surface area contributed by atoms with Crippen LogP contribution in [0.2, 0.25) is 0 Å². The van der Waals surface area contributed by atoms with Crippen LogP contribution in [0.15, 0.2) is 0 Å². The summed E-state index contributed by atoms with van der Waals surface area (Å²) < 4.78 is 5.27. The predicted octanol–water partition coefficient (Wildman–Crippen LogP) is 3.62. The number of esters is 1. The van der Waals surface area contributed by atoms with Gasteiger partial charge in [0.1, 0.15) is 0 Å². The molecule has 0 bridgehead atoms. The van der Waals surface area contributed by atoms with Gasteiger partial charge in [0.25, 0.3) is 0 Å². The van der Waals surface area contributed by atoms with Gasteiger partial charge in [-0.1, -0.05) is 27.2 Å². The molecule has 0 N–H and O–H groups in total. The van der Waals surface area contributed by atoms with E-state index in [2.05, 4.69) is 25.7 Å². The maximum absolute atomic E-state index is 12.2. The molecule has 20 heavy (non-hydrogen) atoms. The monoisotopic (exact) mass is 281 g/mol. The number of rotatable bonds is 4. The zero-order chi connectivity index (χ0) is 14.8. The lowest BCUT2D eigenvalue weighted by molar-refractivity contribution is -0.148. The Balaban J connectivity index is 2.21. The molecule has 0 radical (unpaired) electrons. The first-order valence-electron chi connectivity index (χ1n) is 8.30. The van der Waals surface area contributed by atoms with Gasteiger partial charge < -0.3 is 4.74 Å². The number of ether oxygens (including phenoxy) is 1. The molecule has 116 valence electrons. The van der Waals surface area contributed by atoms with Crippen LogP contribution in [0.3, 0.4) is 0 Å². The highest BCUT2D eigenvalue weighted by Gasteiger charge is 2.53. The molecule has 0 amide bonds. The highest BCUT2D eigenvalue weighted by atomic mass is 16.5. The lowest BCUT2D eigenvalue weighted by Crippen LogP contribution is -2.54. The number of nitrogens with zero attached hydrogens (tertiary/aromatic N) is 1. The lowest BCUT2D eigenvalue weighted by atomic mass is 9.80. The SMILES string of the molecule is CCOC(=O)CC1(N2CCCCC2)CC(C)(C)CC1C. The van der Waals surface area contributed by atoms with Crippen LogP contribution in [0.4, 0.5) is 0 Å². The minimum absolute atomic E-state index is 0.0115. The molecule has 2 rings (SSSR count). The van der Waals surface area contributed by atoms with E-state index in [0.29, 0.717) is 24.4 Å². The molecule has 1 aliphatic carbocycles. The minimum atomic E-state index is -0.0115. The van der Waals surface area contributed by atoms with Crippen molar-refractivity contribution < 1.29 is 9.53 Å². The van der Waals surface area contributed by atoms with E-state index in [0.717, 1.165) is 19.5 Å². The van der Waals surface area contributed by atoms with Gasteiger partial charge >= 0.3 is 5.97 Å². The predicted molar refractivity (Wildman–Crippen MR) is 81.6 cm³/mol. The van der Waals surface area contributed by atoms with Crippen molar-refractivity contribution in [3.8, 4) is 0 Å². The smallest absolute Gasteiger partial charge is 0.307 e. The Hall–Kier alpha value is -0.570. The number of hydrogen-bond donors (Lipinski definition) is 0. The summed E-state index contributed by atoms with van der Waals surface area (Å²) in [6.45, 7) is 11.7. The molecule has 3 nitrogen and oxygen atoms in total. The molecule has 3 heteroatoms. The van der Waals surface area contributed by atoms with Crippen molar-refractivity contribution in [2.75, 3.05) is 19.7 Å². The van der Waals surface area contributed by atoms with Crippen LogP contribution in [-0.4, -0.2) is 36.1 Å². The summed E-state index contributed by atoms with van der Waals surface area (Å²) in [6, 6.07) is 0. The van der Waals surface area contributed by atoms with Gasteiger partial charge in [-0.15, -0.1) is 0 Å². The molecule has 2 aliphatic rings. The topological polar surface area (TPSA) is 29.5 Å². The van der Waals surface area contributed by atoms with Crippen molar-refractivity contribution in [1.82, 2.24) is 4.90 Å². The number of carbonyl (C=O) groups is 1. The zero-order valence-corrected chi connectivity index (χ0v) is 13.7. The molecular weight excluding hydrogens is 250 g/mol. The van der Waals surface area contributed by atoms with E-state index in [1.807, 2.05) is 6.92 Å². The molecule has 2 fully saturated rings. The second-order valence-corrected chi connectivity index (χ2v) is 7.58. The van der Waals surface area contributed by atoms with E-state index in [-0.39, 0.29) is 11.5 Å². The highest BCUT2D eigenvalue weighted by Crippen LogP contribution is 2.52. The Morgan fingerprint density at radius 2 is 1.90 bits per heavy atom. The van der Waals surface area contributed by atoms with Crippen LogP contribution in [-0.2, 0) is 9.53 Å². The fourth-order valence-electron chi connectivity index (χ4n) is 4.67. The average Bonchev–Trinajstić information content (AvgIpc) is 2.61. The fourth-order valence-corrected chi connectivity index (χ4v) is 4.67. The normalized spacial score (nSPS) is 34.1. The largest absolute Gasteiger partial charge is 0.466 e. The van der Waals surface area contributed by atoms with E-state index in [4.69, 9.17) is 4.74 Å². The van der Waals surface area contributed by atoms with E-state index in [1.54, 1.807) is 0 Å². The maximum Gasteiger partial charge on any atom is 0.307 e. The summed E-state index contributed by atoms with van der Waals surface area (Å²) in [5.41, 5.74) is 0.375. The molecule has 1 saturated heterocycles. The van der Waals surface area contributed by atoms with Crippen molar-refractivity contribution in [3.63, 3.8) is 0 Å². The van der Waals surface area contributed by atoms with Gasteiger partial charge in [0.2, 0.25) is 0 Å². The third kappa shape index (κ3) is 3.19. The Morgan fingerprint density at radius 1 is 1.25 bits per heavy atom. The van der Waals surface area contributed by atoms with E-state index in [9.17, 15) is 4.79 Å². The lowest BCUT2D eigenvalue weighted by Gasteiger charge is -2.46. The number of piperidine rings is 1. The maximum atomic E-state index is 12.2. The first-order chi connectivity index (χ1) is 9.39. The Kier molecular flexibility index (Phi) is 4.78. The minimum Gasteiger partial charge on any atom is -0.466 e. The van der Waals surface area contributed by atoms with Crippen molar-refractivity contribution >= 4 is 5.97 Å². The molecular formula is C17H31NO2. The Morgan fingerprint density at radius 3 is 2.40 bits per heavy atom. The van der Waals surface area contributed by atoms with Gasteiger partial charge in [-0.2, -0.15) is 0 Å². The molecule has 0 aromatic carbocycles. The first kappa shape index (κ1) is 15.8. The summed E-state index contributed by atoms with van der Waals surface area (Å²) in [5, 5.41) is 0. The zero-order valence-electron chi connectivity index (χ0n) is 13.7. The number of hydrogen-bond acceptors (Lipinski definition) is 3. The van der Waals surface area contributed by atoms with Gasteiger partial charge in [-0.25, -0.2) is 0 Å². The summed E-state index contributed by atoms with van der Waals surface area (Å²) in [7, 11) is 0. The molecule has 2 unspecified atom stereocenters. The summed E-state index contributed by atoms with van der Waals surface area (Å²) in [6.07, 6.45) is 6.80. The van der Waals surface area contributed by atoms with Gasteiger partial charge in [0.15, 0.2) is 0 Å². The van der Waals surface area contributed by atoms with E-state index < -0.39 is 0 Å². The van der Waals surface area contributed by atoms with Crippen molar-refractivity contribution in [3.05, 3.63) is 0 Å². The molecule has 1 aliphatic heterocycles. The van der Waals surface area contributed by atoms with Crippen LogP contribution in [0.25, 0.3) is 0 Å². The van der Waals surface area contributed by atoms with E-state index in [1.165, 1.54) is 25.7 Å². The summed E-state index contributed by atoms with van der Waals surface area (Å²) in [4.78, 5) is 14.8. The molecule has 0 aromatic rings. The fraction of sp³-hybridized carbons (Fsp3) is 0.941. The van der Waals surface area contributed by atoms with Crippen LogP contribution < -0.4 is 0 Å². The third-order valence-electron chi connectivity index (χ3n) is 5.30. The first-order valence-corrected chi connectivity index (χ1v) is 8.30. The molecule has 0 aromatic heterocycles. The van der Waals surface area contributed by atoms with Gasteiger partial charge in [0, 0.05) is 5.54 Å². The summed E-state index contributed by atoms with van der Waals surface area (Å²) in [5.74, 6) is 0.558. The van der Waals surface area contributed by atoms with E-state index >= 15 is 0 Å². The summed E-state index contributed by atoms with van der Waals surface area (Å²) >= 11 is 0. The van der Waals surface area contributed by atoms with Gasteiger partial charge in [0.05, 0.1) is 13.0 Å². The second-order valence-electron chi connectivity index (χ2n) is 7.58. The molecule has 1 heterocycles. The second kappa shape index (κ2) is 6.05. The van der Waals surface area contributed by atoms with Crippen molar-refractivity contribution in [1.29, 1.82) is 0 Å². The number of carbonyl (C=O) groups excluding carboxylic acids is 1. The van der Waals surface area contributed by atoms with Gasteiger partial charge in [-0.05, 0) is 57.0 Å². The van der Waals surface area contributed by atoms with Crippen LogP contribution in [0.1, 0.15) is 66.2 Å². The average molecular weight is 281 g/mol. The quantitative estimate of drug-likeness (QED) is 0.737. The Bertz CT molecular complexity index is 347. The third-order valence-corrected chi connectivity index (χ3v) is 5.30. The van der Waals surface area contributed by atoms with Crippen molar-refractivity contribution in [2.45, 2.75) is 71.8 Å². The van der Waals surface area contributed by atoms with Crippen LogP contribution in [0, 0.1) is 11.3 Å². The van der Waals surface area contributed by atoms with Crippen LogP contribution in [0.5, 0.6) is 0 Å². The number of likely N-dealkylation sites (tertiary alicyclic amines) is 1. The Labute approximate surface area is 124 Å².